The lowest BCUT2D eigenvalue weighted by molar-refractivity contribution is -0.122. The molecule has 2 rings (SSSR count). The molecule has 3 atom stereocenters. The second kappa shape index (κ2) is 5.77. The molecule has 2 aliphatic heterocycles. The van der Waals surface area contributed by atoms with Gasteiger partial charge in [0.25, 0.3) is 0 Å². The summed E-state index contributed by atoms with van der Waals surface area (Å²) in [4.78, 5) is 13.3. The van der Waals surface area contributed by atoms with Crippen LogP contribution in [0.25, 0.3) is 0 Å². The van der Waals surface area contributed by atoms with Crippen molar-refractivity contribution in [3.8, 4) is 0 Å². The number of nitrogens with zero attached hydrogens (tertiary/aromatic N) is 1. The van der Waals surface area contributed by atoms with E-state index in [2.05, 4.69) is 5.32 Å². The van der Waals surface area contributed by atoms with Crippen LogP contribution in [-0.4, -0.2) is 72.1 Å². The Kier molecular flexibility index (Phi) is 4.33. The van der Waals surface area contributed by atoms with E-state index in [0.717, 1.165) is 19.4 Å². The number of aliphatic hydroxyl groups is 2. The number of aliphatic hydroxyl groups excluding tert-OH is 2. The monoisotopic (exact) mass is 244 g/mol. The average molecular weight is 244 g/mol. The first-order chi connectivity index (χ1) is 8.15. The molecule has 2 aliphatic rings. The summed E-state index contributed by atoms with van der Waals surface area (Å²) in [6, 6.07) is 0. The number of carbonyl (C=O) groups is 1. The Morgan fingerprint density at radius 3 is 2.65 bits per heavy atom. The van der Waals surface area contributed by atoms with Gasteiger partial charge < -0.3 is 20.3 Å². The summed E-state index contributed by atoms with van der Waals surface area (Å²) < 4.78 is 5.40. The highest BCUT2D eigenvalue weighted by Crippen LogP contribution is 2.11. The fourth-order valence-corrected chi connectivity index (χ4v) is 2.27. The van der Waals surface area contributed by atoms with E-state index >= 15 is 0 Å². The lowest BCUT2D eigenvalue weighted by Gasteiger charge is -2.15. The number of rotatable bonds is 4. The minimum absolute atomic E-state index is 0.0817. The van der Waals surface area contributed by atoms with Crippen LogP contribution in [0.3, 0.4) is 0 Å². The number of nitrogens with one attached hydrogen (secondary N) is 1. The van der Waals surface area contributed by atoms with E-state index in [0.29, 0.717) is 19.6 Å². The molecule has 0 bridgehead atoms. The third kappa shape index (κ3) is 3.64. The fraction of sp³-hybridized carbons (Fsp3) is 0.909. The average Bonchev–Trinajstić information content (AvgIpc) is 2.87. The van der Waals surface area contributed by atoms with E-state index in [1.807, 2.05) is 0 Å². The molecule has 0 aromatic heterocycles. The van der Waals surface area contributed by atoms with Crippen molar-refractivity contribution >= 4 is 5.91 Å². The molecule has 17 heavy (non-hydrogen) atoms. The van der Waals surface area contributed by atoms with Crippen LogP contribution in [0.1, 0.15) is 12.8 Å². The van der Waals surface area contributed by atoms with Crippen LogP contribution in [0.5, 0.6) is 0 Å². The summed E-state index contributed by atoms with van der Waals surface area (Å²) in [5, 5.41) is 21.5. The second-order valence-corrected chi connectivity index (χ2v) is 4.77. The molecule has 0 spiro atoms. The normalized spacial score (nSPS) is 34.1. The first kappa shape index (κ1) is 12.8. The molecule has 2 fully saturated rings. The van der Waals surface area contributed by atoms with Crippen molar-refractivity contribution in [2.24, 2.45) is 0 Å². The molecule has 98 valence electrons. The Balaban J connectivity index is 1.63. The fourth-order valence-electron chi connectivity index (χ4n) is 2.27. The summed E-state index contributed by atoms with van der Waals surface area (Å²) in [5.41, 5.74) is 0. The SMILES string of the molecule is O=C(CN1C[C@@H](O)[C@@H](O)C1)NCC1CCCO1. The van der Waals surface area contributed by atoms with E-state index < -0.39 is 12.2 Å². The summed E-state index contributed by atoms with van der Waals surface area (Å²) in [5.74, 6) is -0.0817. The molecular weight excluding hydrogens is 224 g/mol. The van der Waals surface area contributed by atoms with Gasteiger partial charge in [0.1, 0.15) is 0 Å². The first-order valence-corrected chi connectivity index (χ1v) is 6.12. The summed E-state index contributed by atoms with van der Waals surface area (Å²) in [6.45, 7) is 2.27. The predicted octanol–water partition coefficient (Wildman–Crippen LogP) is -1.68. The maximum absolute atomic E-state index is 11.6. The highest BCUT2D eigenvalue weighted by atomic mass is 16.5. The molecule has 2 saturated heterocycles. The highest BCUT2D eigenvalue weighted by Gasteiger charge is 2.30. The molecule has 2 heterocycles. The topological polar surface area (TPSA) is 82.0 Å². The van der Waals surface area contributed by atoms with Crippen molar-refractivity contribution < 1.29 is 19.7 Å². The zero-order valence-corrected chi connectivity index (χ0v) is 9.84. The van der Waals surface area contributed by atoms with Crippen LogP contribution < -0.4 is 5.32 Å². The van der Waals surface area contributed by atoms with Crippen molar-refractivity contribution in [3.63, 3.8) is 0 Å². The standard InChI is InChI=1S/C11H20N2O4/c14-9-5-13(6-10(9)15)7-11(16)12-4-8-2-1-3-17-8/h8-10,14-15H,1-7H2,(H,12,16)/t8?,9-,10+. The van der Waals surface area contributed by atoms with Gasteiger partial charge >= 0.3 is 0 Å². The molecule has 0 aromatic rings. The Morgan fingerprint density at radius 2 is 2.06 bits per heavy atom. The Hall–Kier alpha value is -0.690. The molecular formula is C11H20N2O4. The third-order valence-electron chi connectivity index (χ3n) is 3.25. The number of hydrogen-bond acceptors (Lipinski definition) is 5. The zero-order chi connectivity index (χ0) is 12.3. The van der Waals surface area contributed by atoms with Crippen LogP contribution in [0.2, 0.25) is 0 Å². The zero-order valence-electron chi connectivity index (χ0n) is 9.84. The molecule has 6 nitrogen and oxygen atoms in total. The number of β-amino-alcohol motifs (C(OH)–C–C–N with tert-alkyl or cyclic N) is 2. The van der Waals surface area contributed by atoms with Gasteiger partial charge in [-0.1, -0.05) is 0 Å². The molecule has 0 radical (unpaired) electrons. The Labute approximate surface area is 101 Å². The van der Waals surface area contributed by atoms with Gasteiger partial charge in [0.05, 0.1) is 24.9 Å². The minimum atomic E-state index is -0.735. The lowest BCUT2D eigenvalue weighted by Crippen LogP contribution is -2.39. The van der Waals surface area contributed by atoms with Gasteiger partial charge in [-0.05, 0) is 12.8 Å². The molecule has 1 unspecified atom stereocenters. The third-order valence-corrected chi connectivity index (χ3v) is 3.25. The number of ether oxygens (including phenoxy) is 1. The molecule has 1 amide bonds. The van der Waals surface area contributed by atoms with Gasteiger partial charge in [0.2, 0.25) is 5.91 Å². The van der Waals surface area contributed by atoms with Gasteiger partial charge in [-0.2, -0.15) is 0 Å². The number of amides is 1. The van der Waals surface area contributed by atoms with E-state index in [9.17, 15) is 15.0 Å². The van der Waals surface area contributed by atoms with Gasteiger partial charge in [0.15, 0.2) is 0 Å². The molecule has 0 aliphatic carbocycles. The van der Waals surface area contributed by atoms with E-state index in [1.54, 1.807) is 4.90 Å². The Morgan fingerprint density at radius 1 is 1.35 bits per heavy atom. The largest absolute Gasteiger partial charge is 0.389 e. The van der Waals surface area contributed by atoms with E-state index in [-0.39, 0.29) is 18.6 Å². The van der Waals surface area contributed by atoms with Crippen molar-refractivity contribution in [2.45, 2.75) is 31.2 Å². The van der Waals surface area contributed by atoms with Crippen LogP contribution in [0, 0.1) is 0 Å². The molecule has 6 heteroatoms. The molecule has 0 aromatic carbocycles. The molecule has 0 saturated carbocycles. The van der Waals surface area contributed by atoms with Crippen LogP contribution in [-0.2, 0) is 9.53 Å². The van der Waals surface area contributed by atoms with Crippen molar-refractivity contribution in [2.75, 3.05) is 32.8 Å². The smallest absolute Gasteiger partial charge is 0.234 e. The Bertz CT molecular complexity index is 258. The van der Waals surface area contributed by atoms with Crippen LogP contribution >= 0.6 is 0 Å². The van der Waals surface area contributed by atoms with E-state index in [1.165, 1.54) is 0 Å². The second-order valence-electron chi connectivity index (χ2n) is 4.77. The quantitative estimate of drug-likeness (QED) is 0.550. The predicted molar refractivity (Wildman–Crippen MR) is 60.4 cm³/mol. The maximum atomic E-state index is 11.6. The molecule has 3 N–H and O–H groups in total. The van der Waals surface area contributed by atoms with E-state index in [4.69, 9.17) is 4.74 Å². The van der Waals surface area contributed by atoms with Gasteiger partial charge in [-0.3, -0.25) is 9.69 Å². The summed E-state index contributed by atoms with van der Waals surface area (Å²) in [7, 11) is 0. The minimum Gasteiger partial charge on any atom is -0.389 e. The van der Waals surface area contributed by atoms with Crippen LogP contribution in [0.15, 0.2) is 0 Å². The van der Waals surface area contributed by atoms with Gasteiger partial charge in [-0.15, -0.1) is 0 Å². The number of carbonyl (C=O) groups excluding carboxylic acids is 1. The number of hydrogen-bond donors (Lipinski definition) is 3. The van der Waals surface area contributed by atoms with Crippen molar-refractivity contribution in [1.82, 2.24) is 10.2 Å². The summed E-state index contributed by atoms with van der Waals surface area (Å²) in [6.07, 6.45) is 0.738. The van der Waals surface area contributed by atoms with Gasteiger partial charge in [0, 0.05) is 26.2 Å². The summed E-state index contributed by atoms with van der Waals surface area (Å²) >= 11 is 0. The van der Waals surface area contributed by atoms with Gasteiger partial charge in [-0.25, -0.2) is 0 Å². The first-order valence-electron chi connectivity index (χ1n) is 6.12. The highest BCUT2D eigenvalue weighted by molar-refractivity contribution is 5.78. The van der Waals surface area contributed by atoms with Crippen molar-refractivity contribution in [1.29, 1.82) is 0 Å². The van der Waals surface area contributed by atoms with Crippen LogP contribution in [0.4, 0.5) is 0 Å². The lowest BCUT2D eigenvalue weighted by atomic mass is 10.2. The maximum Gasteiger partial charge on any atom is 0.234 e. The number of likely N-dealkylation sites (tertiary alicyclic amines) is 1. The van der Waals surface area contributed by atoms with Crippen molar-refractivity contribution in [3.05, 3.63) is 0 Å².